The highest BCUT2D eigenvalue weighted by atomic mass is 16.5. The SMILES string of the molecule is C[B]OC(=O)CC(C)OC. The van der Waals surface area contributed by atoms with E-state index in [2.05, 4.69) is 4.65 Å². The third-order valence-electron chi connectivity index (χ3n) is 1.11. The Morgan fingerprint density at radius 1 is 1.70 bits per heavy atom. The van der Waals surface area contributed by atoms with Crippen LogP contribution < -0.4 is 0 Å². The fraction of sp³-hybridized carbons (Fsp3) is 0.833. The fourth-order valence-electron chi connectivity index (χ4n) is 0.498. The van der Waals surface area contributed by atoms with Crippen molar-refractivity contribution < 1.29 is 14.2 Å². The number of ether oxygens (including phenoxy) is 1. The molecule has 0 saturated carbocycles. The van der Waals surface area contributed by atoms with Crippen molar-refractivity contribution in [3.05, 3.63) is 0 Å². The predicted molar refractivity (Wildman–Crippen MR) is 38.8 cm³/mol. The van der Waals surface area contributed by atoms with E-state index in [1.807, 2.05) is 6.92 Å². The zero-order valence-corrected chi connectivity index (χ0v) is 6.59. The van der Waals surface area contributed by atoms with Crippen LogP contribution in [0.15, 0.2) is 0 Å². The number of hydrogen-bond donors (Lipinski definition) is 0. The molecule has 4 heteroatoms. The number of methoxy groups -OCH3 is 1. The van der Waals surface area contributed by atoms with Crippen molar-refractivity contribution in [2.75, 3.05) is 7.11 Å². The molecule has 57 valence electrons. The van der Waals surface area contributed by atoms with Crippen LogP contribution in [0.2, 0.25) is 6.82 Å². The molecule has 0 spiro atoms. The topological polar surface area (TPSA) is 35.5 Å². The summed E-state index contributed by atoms with van der Waals surface area (Å²) in [6.07, 6.45) is 0.244. The smallest absolute Gasteiger partial charge is 0.370 e. The zero-order valence-electron chi connectivity index (χ0n) is 6.59. The predicted octanol–water partition coefficient (Wildman–Crippen LogP) is 0.622. The van der Waals surface area contributed by atoms with Crippen molar-refractivity contribution in [3.63, 3.8) is 0 Å². The van der Waals surface area contributed by atoms with E-state index in [-0.39, 0.29) is 12.1 Å². The Balaban J connectivity index is 3.37. The number of carbonyl (C=O) groups excluding carboxylic acids is 1. The summed E-state index contributed by atoms with van der Waals surface area (Å²) in [6, 6.07) is 0. The molecular weight excluding hydrogens is 131 g/mol. The minimum atomic E-state index is -0.253. The van der Waals surface area contributed by atoms with Crippen LogP contribution >= 0.6 is 0 Å². The van der Waals surface area contributed by atoms with E-state index in [9.17, 15) is 4.79 Å². The monoisotopic (exact) mass is 143 g/mol. The number of rotatable bonds is 4. The van der Waals surface area contributed by atoms with Gasteiger partial charge >= 0.3 is 7.48 Å². The highest BCUT2D eigenvalue weighted by Crippen LogP contribution is 1.96. The second kappa shape index (κ2) is 5.29. The van der Waals surface area contributed by atoms with Gasteiger partial charge in [-0.25, -0.2) is 0 Å². The third-order valence-corrected chi connectivity index (χ3v) is 1.11. The van der Waals surface area contributed by atoms with Gasteiger partial charge in [0.2, 0.25) is 0 Å². The Hall–Kier alpha value is -0.505. The van der Waals surface area contributed by atoms with Gasteiger partial charge in [0.15, 0.2) is 0 Å². The van der Waals surface area contributed by atoms with Crippen LogP contribution in [0, 0.1) is 0 Å². The fourth-order valence-corrected chi connectivity index (χ4v) is 0.498. The number of hydrogen-bond acceptors (Lipinski definition) is 3. The van der Waals surface area contributed by atoms with Crippen molar-refractivity contribution in [1.29, 1.82) is 0 Å². The first-order valence-electron chi connectivity index (χ1n) is 3.20. The minimum Gasteiger partial charge on any atom is -0.539 e. The molecular formula is C6H12BO3. The van der Waals surface area contributed by atoms with Gasteiger partial charge in [0, 0.05) is 7.11 Å². The molecule has 3 nitrogen and oxygen atoms in total. The van der Waals surface area contributed by atoms with Gasteiger partial charge in [0.1, 0.15) is 0 Å². The van der Waals surface area contributed by atoms with Crippen LogP contribution in [0.5, 0.6) is 0 Å². The maximum Gasteiger partial charge on any atom is 0.370 e. The molecule has 1 unspecified atom stereocenters. The first kappa shape index (κ1) is 9.49. The molecule has 0 aromatic heterocycles. The highest BCUT2D eigenvalue weighted by molar-refractivity contribution is 6.28. The molecule has 0 fully saturated rings. The average Bonchev–Trinajstić information content (AvgIpc) is 1.88. The van der Waals surface area contributed by atoms with Crippen molar-refractivity contribution in [3.8, 4) is 0 Å². The minimum absolute atomic E-state index is 0.0625. The quantitative estimate of drug-likeness (QED) is 0.541. The molecule has 0 aromatic rings. The van der Waals surface area contributed by atoms with Crippen LogP contribution in [-0.4, -0.2) is 26.7 Å². The van der Waals surface area contributed by atoms with Crippen LogP contribution in [0.25, 0.3) is 0 Å². The first-order valence-corrected chi connectivity index (χ1v) is 3.20. The van der Waals surface area contributed by atoms with Crippen molar-refractivity contribution in [2.24, 2.45) is 0 Å². The Kier molecular flexibility index (Phi) is 5.03. The normalized spacial score (nSPS) is 12.3. The Morgan fingerprint density at radius 2 is 2.30 bits per heavy atom. The lowest BCUT2D eigenvalue weighted by Gasteiger charge is -2.07. The molecule has 1 atom stereocenters. The van der Waals surface area contributed by atoms with Crippen LogP contribution in [0.4, 0.5) is 0 Å². The van der Waals surface area contributed by atoms with Gasteiger partial charge in [-0.15, -0.1) is 0 Å². The summed E-state index contributed by atoms with van der Waals surface area (Å²) in [5.41, 5.74) is 0. The van der Waals surface area contributed by atoms with Gasteiger partial charge in [0.25, 0.3) is 5.97 Å². The van der Waals surface area contributed by atoms with Crippen molar-refractivity contribution in [1.82, 2.24) is 0 Å². The molecule has 0 N–H and O–H groups in total. The highest BCUT2D eigenvalue weighted by Gasteiger charge is 2.07. The third kappa shape index (κ3) is 4.38. The van der Waals surface area contributed by atoms with Gasteiger partial charge in [-0.1, -0.05) is 6.82 Å². The van der Waals surface area contributed by atoms with Gasteiger partial charge < -0.3 is 9.39 Å². The second-order valence-corrected chi connectivity index (χ2v) is 1.98. The van der Waals surface area contributed by atoms with Crippen molar-refractivity contribution in [2.45, 2.75) is 26.3 Å². The lowest BCUT2D eigenvalue weighted by molar-refractivity contribution is -0.136. The van der Waals surface area contributed by atoms with E-state index in [1.165, 1.54) is 7.48 Å². The summed E-state index contributed by atoms with van der Waals surface area (Å²) in [6.45, 7) is 3.48. The standard InChI is InChI=1S/C6H12BO3/c1-5(9-3)4-6(8)10-7-2/h5H,4H2,1-3H3. The van der Waals surface area contributed by atoms with E-state index in [1.54, 1.807) is 13.9 Å². The molecule has 0 aliphatic heterocycles. The molecule has 0 rings (SSSR count). The lowest BCUT2D eigenvalue weighted by atomic mass is 10.1. The van der Waals surface area contributed by atoms with E-state index < -0.39 is 0 Å². The zero-order chi connectivity index (χ0) is 7.98. The Bertz CT molecular complexity index is 105. The summed E-state index contributed by atoms with van der Waals surface area (Å²) in [5.74, 6) is -0.253. The van der Waals surface area contributed by atoms with Gasteiger partial charge in [-0.05, 0) is 6.92 Å². The largest absolute Gasteiger partial charge is 0.539 e. The Morgan fingerprint density at radius 3 is 2.70 bits per heavy atom. The molecule has 1 radical (unpaired) electrons. The molecule has 0 aliphatic carbocycles. The lowest BCUT2D eigenvalue weighted by Crippen LogP contribution is -2.15. The van der Waals surface area contributed by atoms with E-state index in [4.69, 9.17) is 4.74 Å². The average molecular weight is 143 g/mol. The van der Waals surface area contributed by atoms with Gasteiger partial charge in [0.05, 0.1) is 12.5 Å². The van der Waals surface area contributed by atoms with E-state index >= 15 is 0 Å². The first-order chi connectivity index (χ1) is 4.70. The molecule has 0 bridgehead atoms. The van der Waals surface area contributed by atoms with E-state index in [0.717, 1.165) is 0 Å². The maximum atomic E-state index is 10.7. The van der Waals surface area contributed by atoms with Gasteiger partial charge in [-0.2, -0.15) is 0 Å². The molecule has 0 aromatic carbocycles. The number of carbonyl (C=O) groups is 1. The van der Waals surface area contributed by atoms with Crippen LogP contribution in [0.1, 0.15) is 13.3 Å². The summed E-state index contributed by atoms with van der Waals surface area (Å²) >= 11 is 0. The molecule has 0 amide bonds. The maximum absolute atomic E-state index is 10.7. The van der Waals surface area contributed by atoms with Crippen LogP contribution in [-0.2, 0) is 14.2 Å². The van der Waals surface area contributed by atoms with Gasteiger partial charge in [-0.3, -0.25) is 4.79 Å². The summed E-state index contributed by atoms with van der Waals surface area (Å²) in [5, 5.41) is 0. The second-order valence-electron chi connectivity index (χ2n) is 1.98. The molecule has 0 aliphatic rings. The summed E-state index contributed by atoms with van der Waals surface area (Å²) in [7, 11) is 2.93. The Labute approximate surface area is 62.0 Å². The summed E-state index contributed by atoms with van der Waals surface area (Å²) in [4.78, 5) is 10.7. The molecule has 0 saturated heterocycles. The molecule has 10 heavy (non-hydrogen) atoms. The van der Waals surface area contributed by atoms with Crippen molar-refractivity contribution >= 4 is 13.5 Å². The molecule has 0 heterocycles. The van der Waals surface area contributed by atoms with E-state index in [0.29, 0.717) is 6.42 Å². The summed E-state index contributed by atoms with van der Waals surface area (Å²) < 4.78 is 9.42. The van der Waals surface area contributed by atoms with Crippen LogP contribution in [0.3, 0.4) is 0 Å².